The summed E-state index contributed by atoms with van der Waals surface area (Å²) < 4.78 is 40.2. The van der Waals surface area contributed by atoms with Gasteiger partial charge in [0.25, 0.3) is 0 Å². The Morgan fingerprint density at radius 3 is 2.12 bits per heavy atom. The minimum absolute atomic E-state index is 0.00510. The normalized spacial score (nSPS) is 21.5. The Morgan fingerprint density at radius 1 is 1.00 bits per heavy atom. The first-order valence-electron chi connectivity index (χ1n) is 7.20. The maximum atomic E-state index is 14.8. The average molecular weight is 365 g/mol. The summed E-state index contributed by atoms with van der Waals surface area (Å²) in [6.45, 7) is 0. The maximum absolute atomic E-state index is 14.8. The lowest BCUT2D eigenvalue weighted by Crippen LogP contribution is -2.29. The highest BCUT2D eigenvalue weighted by molar-refractivity contribution is 7.95. The second kappa shape index (κ2) is 6.16. The SMILES string of the molecule is O=S(=O)(C1=C(Cl)C=C(c2ccccc2)C(O)(F)C1)c1ccccc1. The Morgan fingerprint density at radius 2 is 1.54 bits per heavy atom. The van der Waals surface area contributed by atoms with E-state index in [2.05, 4.69) is 0 Å². The molecule has 3 nitrogen and oxygen atoms in total. The van der Waals surface area contributed by atoms with E-state index >= 15 is 0 Å². The van der Waals surface area contributed by atoms with Gasteiger partial charge in [0.05, 0.1) is 14.8 Å². The summed E-state index contributed by atoms with van der Waals surface area (Å²) in [5.41, 5.74) is 0.386. The van der Waals surface area contributed by atoms with Crippen LogP contribution in [0, 0.1) is 0 Å². The van der Waals surface area contributed by atoms with Crippen molar-refractivity contribution in [3.8, 4) is 0 Å². The second-order valence-electron chi connectivity index (χ2n) is 5.45. The fraction of sp³-hybridized carbons (Fsp3) is 0.111. The highest BCUT2D eigenvalue weighted by Gasteiger charge is 2.41. The minimum Gasteiger partial charge on any atom is -0.358 e. The molecule has 1 aliphatic rings. The summed E-state index contributed by atoms with van der Waals surface area (Å²) in [6, 6.07) is 16.0. The van der Waals surface area contributed by atoms with Crippen molar-refractivity contribution in [2.24, 2.45) is 0 Å². The van der Waals surface area contributed by atoms with E-state index in [9.17, 15) is 17.9 Å². The number of hydrogen-bond acceptors (Lipinski definition) is 3. The van der Waals surface area contributed by atoms with Crippen LogP contribution in [0.25, 0.3) is 5.57 Å². The predicted molar refractivity (Wildman–Crippen MR) is 91.6 cm³/mol. The van der Waals surface area contributed by atoms with E-state index in [0.29, 0.717) is 5.56 Å². The molecule has 0 radical (unpaired) electrons. The van der Waals surface area contributed by atoms with Crippen LogP contribution in [-0.4, -0.2) is 19.4 Å². The first-order valence-corrected chi connectivity index (χ1v) is 9.06. The van der Waals surface area contributed by atoms with Crippen LogP contribution in [-0.2, 0) is 9.84 Å². The maximum Gasteiger partial charge on any atom is 0.238 e. The van der Waals surface area contributed by atoms with Gasteiger partial charge in [-0.25, -0.2) is 12.8 Å². The van der Waals surface area contributed by atoms with Gasteiger partial charge in [0.2, 0.25) is 15.7 Å². The Kier molecular flexibility index (Phi) is 4.34. The van der Waals surface area contributed by atoms with E-state index < -0.39 is 22.1 Å². The summed E-state index contributed by atoms with van der Waals surface area (Å²) in [5.74, 6) is -2.82. The molecule has 1 aliphatic carbocycles. The van der Waals surface area contributed by atoms with Crippen LogP contribution in [0.5, 0.6) is 0 Å². The van der Waals surface area contributed by atoms with E-state index in [4.69, 9.17) is 11.6 Å². The Bertz CT molecular complexity index is 917. The number of rotatable bonds is 3. The second-order valence-corrected chi connectivity index (χ2v) is 7.83. The smallest absolute Gasteiger partial charge is 0.238 e. The molecule has 0 aliphatic heterocycles. The topological polar surface area (TPSA) is 54.4 Å². The van der Waals surface area contributed by atoms with Crippen LogP contribution >= 0.6 is 11.6 Å². The Hall–Kier alpha value is -1.95. The van der Waals surface area contributed by atoms with E-state index in [1.807, 2.05) is 0 Å². The molecule has 2 aromatic rings. The van der Waals surface area contributed by atoms with E-state index in [1.165, 1.54) is 18.2 Å². The van der Waals surface area contributed by atoms with Gasteiger partial charge in [-0.1, -0.05) is 60.1 Å². The zero-order valence-electron chi connectivity index (χ0n) is 12.5. The number of allylic oxidation sites excluding steroid dienone is 2. The summed E-state index contributed by atoms with van der Waals surface area (Å²) >= 11 is 6.14. The van der Waals surface area contributed by atoms with Crippen molar-refractivity contribution in [1.29, 1.82) is 0 Å². The molecule has 1 unspecified atom stereocenters. The van der Waals surface area contributed by atoms with Gasteiger partial charge < -0.3 is 5.11 Å². The van der Waals surface area contributed by atoms with Crippen LogP contribution in [0.3, 0.4) is 0 Å². The van der Waals surface area contributed by atoms with Crippen molar-refractivity contribution in [1.82, 2.24) is 0 Å². The Labute approximate surface area is 144 Å². The third-order valence-corrected chi connectivity index (χ3v) is 6.16. The number of benzene rings is 2. The zero-order valence-corrected chi connectivity index (χ0v) is 14.1. The summed E-state index contributed by atoms with van der Waals surface area (Å²) in [4.78, 5) is -0.328. The summed E-state index contributed by atoms with van der Waals surface area (Å²) in [5, 5.41) is 10.1. The zero-order chi connectivity index (χ0) is 17.4. The number of aliphatic hydroxyl groups is 1. The molecule has 3 rings (SSSR count). The fourth-order valence-electron chi connectivity index (χ4n) is 2.60. The lowest BCUT2D eigenvalue weighted by atomic mass is 9.92. The van der Waals surface area contributed by atoms with Gasteiger partial charge >= 0.3 is 0 Å². The van der Waals surface area contributed by atoms with Crippen LogP contribution in [0.15, 0.2) is 81.6 Å². The first-order chi connectivity index (χ1) is 11.3. The molecule has 2 aromatic carbocycles. The summed E-state index contributed by atoms with van der Waals surface area (Å²) in [7, 11) is -3.98. The molecule has 0 heterocycles. The molecule has 124 valence electrons. The van der Waals surface area contributed by atoms with E-state index in [-0.39, 0.29) is 20.4 Å². The quantitative estimate of drug-likeness (QED) is 0.893. The lowest BCUT2D eigenvalue weighted by molar-refractivity contribution is -0.0291. The van der Waals surface area contributed by atoms with Crippen molar-refractivity contribution in [3.63, 3.8) is 0 Å². The molecule has 0 bridgehead atoms. The first kappa shape index (κ1) is 16.9. The van der Waals surface area contributed by atoms with Gasteiger partial charge in [0, 0.05) is 12.0 Å². The molecule has 6 heteroatoms. The molecular weight excluding hydrogens is 351 g/mol. The largest absolute Gasteiger partial charge is 0.358 e. The monoisotopic (exact) mass is 364 g/mol. The van der Waals surface area contributed by atoms with Crippen LogP contribution in [0.4, 0.5) is 4.39 Å². The molecule has 0 fully saturated rings. The van der Waals surface area contributed by atoms with Crippen LogP contribution in [0.2, 0.25) is 0 Å². The van der Waals surface area contributed by atoms with Gasteiger partial charge in [-0.3, -0.25) is 0 Å². The van der Waals surface area contributed by atoms with Crippen molar-refractivity contribution < 1.29 is 17.9 Å². The average Bonchev–Trinajstić information content (AvgIpc) is 2.58. The van der Waals surface area contributed by atoms with Crippen LogP contribution < -0.4 is 0 Å². The van der Waals surface area contributed by atoms with E-state index in [1.54, 1.807) is 48.5 Å². The van der Waals surface area contributed by atoms with Crippen molar-refractivity contribution in [2.75, 3.05) is 0 Å². The number of hydrogen-bond donors (Lipinski definition) is 1. The van der Waals surface area contributed by atoms with Gasteiger partial charge in [-0.05, 0) is 23.8 Å². The highest BCUT2D eigenvalue weighted by atomic mass is 35.5. The third kappa shape index (κ3) is 3.02. The molecule has 1 N–H and O–H groups in total. The molecular formula is C18H14ClFO3S. The number of halogens is 2. The molecule has 0 aromatic heterocycles. The standard InChI is InChI=1S/C18H14ClFO3S/c19-16-11-15(13-7-3-1-4-8-13)18(20,21)12-17(16)24(22,23)14-9-5-2-6-10-14/h1-11,21H,12H2. The van der Waals surface area contributed by atoms with Gasteiger partial charge in [0.15, 0.2) is 0 Å². The molecule has 24 heavy (non-hydrogen) atoms. The van der Waals surface area contributed by atoms with Crippen LogP contribution in [0.1, 0.15) is 12.0 Å². The molecule has 1 atom stereocenters. The van der Waals surface area contributed by atoms with Crippen molar-refractivity contribution >= 4 is 27.0 Å². The minimum atomic E-state index is -3.98. The highest BCUT2D eigenvalue weighted by Crippen LogP contribution is 2.43. The van der Waals surface area contributed by atoms with Crippen molar-refractivity contribution in [3.05, 3.63) is 82.2 Å². The van der Waals surface area contributed by atoms with Gasteiger partial charge in [-0.15, -0.1) is 0 Å². The van der Waals surface area contributed by atoms with E-state index in [0.717, 1.165) is 0 Å². The number of sulfone groups is 1. The fourth-order valence-corrected chi connectivity index (χ4v) is 4.58. The lowest BCUT2D eigenvalue weighted by Gasteiger charge is -2.28. The van der Waals surface area contributed by atoms with Crippen molar-refractivity contribution in [2.45, 2.75) is 17.2 Å². The Balaban J connectivity index is 2.13. The molecule has 0 amide bonds. The van der Waals surface area contributed by atoms with Gasteiger partial charge in [0.1, 0.15) is 0 Å². The number of alkyl halides is 1. The van der Waals surface area contributed by atoms with Gasteiger partial charge in [-0.2, -0.15) is 0 Å². The molecule has 0 saturated carbocycles. The predicted octanol–water partition coefficient (Wildman–Crippen LogP) is 4.06. The molecule has 0 saturated heterocycles. The molecule has 0 spiro atoms. The summed E-state index contributed by atoms with van der Waals surface area (Å²) in [6.07, 6.45) is 0.444. The third-order valence-electron chi connectivity index (χ3n) is 3.81.